The number of hydrogen-bond donors (Lipinski definition) is 1. The molecule has 1 aliphatic rings. The number of anilines is 1. The van der Waals surface area contributed by atoms with E-state index in [9.17, 15) is 0 Å². The van der Waals surface area contributed by atoms with Crippen LogP contribution < -0.4 is 10.6 Å². The van der Waals surface area contributed by atoms with Crippen LogP contribution in [-0.4, -0.2) is 35.8 Å². The molecule has 18 heavy (non-hydrogen) atoms. The summed E-state index contributed by atoms with van der Waals surface area (Å²) in [5, 5.41) is 0. The van der Waals surface area contributed by atoms with Crippen LogP contribution in [0.5, 0.6) is 0 Å². The normalized spacial score (nSPS) is 19.9. The van der Waals surface area contributed by atoms with Crippen molar-refractivity contribution in [2.24, 2.45) is 5.73 Å². The van der Waals surface area contributed by atoms with E-state index in [1.807, 2.05) is 19.1 Å². The molecule has 0 aromatic carbocycles. The Kier molecular flexibility index (Phi) is 4.14. The lowest BCUT2D eigenvalue weighted by Crippen LogP contribution is -2.45. The quantitative estimate of drug-likeness (QED) is 0.842. The van der Waals surface area contributed by atoms with Gasteiger partial charge < -0.3 is 15.4 Å². The SMILES string of the molecule is CCC1COCCN1c1cc(C(N)=S)cc(C)n1. The second kappa shape index (κ2) is 5.63. The van der Waals surface area contributed by atoms with E-state index in [0.29, 0.717) is 11.0 Å². The van der Waals surface area contributed by atoms with Crippen LogP contribution in [0.3, 0.4) is 0 Å². The minimum atomic E-state index is 0.382. The Morgan fingerprint density at radius 1 is 1.61 bits per heavy atom. The smallest absolute Gasteiger partial charge is 0.129 e. The highest BCUT2D eigenvalue weighted by molar-refractivity contribution is 7.80. The van der Waals surface area contributed by atoms with E-state index in [1.54, 1.807) is 0 Å². The first kappa shape index (κ1) is 13.2. The number of hydrogen-bond acceptors (Lipinski definition) is 4. The van der Waals surface area contributed by atoms with Crippen molar-refractivity contribution in [2.45, 2.75) is 26.3 Å². The molecule has 0 bridgehead atoms. The Bertz CT molecular complexity index is 450. The second-order valence-corrected chi connectivity index (χ2v) is 4.99. The fourth-order valence-electron chi connectivity index (χ4n) is 2.24. The van der Waals surface area contributed by atoms with Gasteiger partial charge in [0, 0.05) is 17.8 Å². The lowest BCUT2D eigenvalue weighted by Gasteiger charge is -2.36. The van der Waals surface area contributed by atoms with Crippen molar-refractivity contribution < 1.29 is 4.74 Å². The number of morpholine rings is 1. The van der Waals surface area contributed by atoms with Crippen LogP contribution in [0, 0.1) is 6.92 Å². The highest BCUT2D eigenvalue weighted by Crippen LogP contribution is 2.21. The summed E-state index contributed by atoms with van der Waals surface area (Å²) in [4.78, 5) is 7.30. The van der Waals surface area contributed by atoms with Gasteiger partial charge in [-0.2, -0.15) is 0 Å². The molecular weight excluding hydrogens is 246 g/mol. The first-order chi connectivity index (χ1) is 8.61. The molecule has 1 unspecified atom stereocenters. The number of nitrogens with zero attached hydrogens (tertiary/aromatic N) is 2. The Labute approximate surface area is 113 Å². The molecule has 0 spiro atoms. The maximum atomic E-state index is 5.71. The fourth-order valence-corrected chi connectivity index (χ4v) is 2.35. The van der Waals surface area contributed by atoms with Gasteiger partial charge in [-0.25, -0.2) is 4.98 Å². The van der Waals surface area contributed by atoms with Crippen molar-refractivity contribution in [3.63, 3.8) is 0 Å². The number of pyridine rings is 1. The van der Waals surface area contributed by atoms with Crippen molar-refractivity contribution in [3.05, 3.63) is 23.4 Å². The van der Waals surface area contributed by atoms with Crippen LogP contribution in [0.15, 0.2) is 12.1 Å². The van der Waals surface area contributed by atoms with Crippen LogP contribution in [0.1, 0.15) is 24.6 Å². The van der Waals surface area contributed by atoms with Gasteiger partial charge in [-0.05, 0) is 25.5 Å². The lowest BCUT2D eigenvalue weighted by molar-refractivity contribution is 0.0925. The molecular formula is C13H19N3OS. The molecule has 2 heterocycles. The molecule has 1 aromatic rings. The number of aryl methyl sites for hydroxylation is 1. The van der Waals surface area contributed by atoms with Crippen molar-refractivity contribution >= 4 is 23.0 Å². The summed E-state index contributed by atoms with van der Waals surface area (Å²) in [6, 6.07) is 4.28. The molecule has 1 aliphatic heterocycles. The Hall–Kier alpha value is -1.20. The zero-order valence-corrected chi connectivity index (χ0v) is 11.7. The van der Waals surface area contributed by atoms with E-state index in [2.05, 4.69) is 16.8 Å². The number of nitrogens with two attached hydrogens (primary N) is 1. The molecule has 5 heteroatoms. The minimum absolute atomic E-state index is 0.382. The zero-order chi connectivity index (χ0) is 13.1. The van der Waals surface area contributed by atoms with Crippen molar-refractivity contribution in [3.8, 4) is 0 Å². The van der Waals surface area contributed by atoms with Crippen molar-refractivity contribution in [1.29, 1.82) is 0 Å². The maximum Gasteiger partial charge on any atom is 0.129 e. The maximum absolute atomic E-state index is 5.71. The molecule has 4 nitrogen and oxygen atoms in total. The van der Waals surface area contributed by atoms with Gasteiger partial charge in [0.2, 0.25) is 0 Å². The Morgan fingerprint density at radius 3 is 3.06 bits per heavy atom. The van der Waals surface area contributed by atoms with Gasteiger partial charge in [0.15, 0.2) is 0 Å². The molecule has 1 aromatic heterocycles. The zero-order valence-electron chi connectivity index (χ0n) is 10.8. The van der Waals surface area contributed by atoms with Gasteiger partial charge in [-0.15, -0.1) is 0 Å². The summed E-state index contributed by atoms with van der Waals surface area (Å²) in [6.45, 7) is 6.50. The summed E-state index contributed by atoms with van der Waals surface area (Å²) < 4.78 is 5.51. The first-order valence-corrected chi connectivity index (χ1v) is 6.65. The van der Waals surface area contributed by atoms with Crippen LogP contribution >= 0.6 is 12.2 Å². The summed E-state index contributed by atoms with van der Waals surface area (Å²) in [5.41, 5.74) is 7.53. The summed E-state index contributed by atoms with van der Waals surface area (Å²) in [5.74, 6) is 0.952. The lowest BCUT2D eigenvalue weighted by atomic mass is 10.1. The molecule has 1 fully saturated rings. The van der Waals surface area contributed by atoms with E-state index in [0.717, 1.165) is 43.3 Å². The predicted octanol–water partition coefficient (Wildman–Crippen LogP) is 1.64. The molecule has 1 saturated heterocycles. The van der Waals surface area contributed by atoms with Crippen LogP contribution in [0.4, 0.5) is 5.82 Å². The third kappa shape index (κ3) is 2.79. The average Bonchev–Trinajstić information content (AvgIpc) is 2.38. The first-order valence-electron chi connectivity index (χ1n) is 6.24. The average molecular weight is 265 g/mol. The third-order valence-corrected chi connectivity index (χ3v) is 3.45. The molecule has 0 aliphatic carbocycles. The molecule has 0 amide bonds. The van der Waals surface area contributed by atoms with Gasteiger partial charge >= 0.3 is 0 Å². The standard InChI is InChI=1S/C13H19N3OS/c1-3-11-8-17-5-4-16(11)12-7-10(13(14)18)6-9(2)15-12/h6-7,11H,3-5,8H2,1-2H3,(H2,14,18). The van der Waals surface area contributed by atoms with E-state index >= 15 is 0 Å². The van der Waals surface area contributed by atoms with E-state index in [1.165, 1.54) is 0 Å². The monoisotopic (exact) mass is 265 g/mol. The van der Waals surface area contributed by atoms with E-state index < -0.39 is 0 Å². The second-order valence-electron chi connectivity index (χ2n) is 4.55. The number of aromatic nitrogens is 1. The molecule has 0 radical (unpaired) electrons. The van der Waals surface area contributed by atoms with Crippen LogP contribution in [0.25, 0.3) is 0 Å². The van der Waals surface area contributed by atoms with Gasteiger partial charge in [-0.1, -0.05) is 19.1 Å². The van der Waals surface area contributed by atoms with Crippen molar-refractivity contribution in [1.82, 2.24) is 4.98 Å². The van der Waals surface area contributed by atoms with E-state index in [-0.39, 0.29) is 0 Å². The molecule has 1 atom stereocenters. The molecule has 98 valence electrons. The summed E-state index contributed by atoms with van der Waals surface area (Å²) in [6.07, 6.45) is 1.04. The molecule has 0 saturated carbocycles. The number of thiocarbonyl (C=S) groups is 1. The van der Waals surface area contributed by atoms with Gasteiger partial charge in [0.05, 0.1) is 19.3 Å². The Balaban J connectivity index is 2.33. The van der Waals surface area contributed by atoms with Crippen molar-refractivity contribution in [2.75, 3.05) is 24.7 Å². The van der Waals surface area contributed by atoms with Gasteiger partial charge in [-0.3, -0.25) is 0 Å². The van der Waals surface area contributed by atoms with E-state index in [4.69, 9.17) is 22.7 Å². The van der Waals surface area contributed by atoms with Gasteiger partial charge in [0.25, 0.3) is 0 Å². The largest absolute Gasteiger partial charge is 0.389 e. The Morgan fingerprint density at radius 2 is 2.39 bits per heavy atom. The number of rotatable bonds is 3. The molecule has 2 rings (SSSR count). The highest BCUT2D eigenvalue weighted by Gasteiger charge is 2.23. The fraction of sp³-hybridized carbons (Fsp3) is 0.538. The number of ether oxygens (including phenoxy) is 1. The molecule has 2 N–H and O–H groups in total. The summed E-state index contributed by atoms with van der Waals surface area (Å²) in [7, 11) is 0. The van der Waals surface area contributed by atoms with Crippen LogP contribution in [-0.2, 0) is 4.74 Å². The highest BCUT2D eigenvalue weighted by atomic mass is 32.1. The van der Waals surface area contributed by atoms with Crippen LogP contribution in [0.2, 0.25) is 0 Å². The minimum Gasteiger partial charge on any atom is -0.389 e. The third-order valence-electron chi connectivity index (χ3n) is 3.22. The predicted molar refractivity (Wildman–Crippen MR) is 77.1 cm³/mol. The van der Waals surface area contributed by atoms with Gasteiger partial charge in [0.1, 0.15) is 10.8 Å². The summed E-state index contributed by atoms with van der Waals surface area (Å²) >= 11 is 5.05. The topological polar surface area (TPSA) is 51.4 Å².